The van der Waals surface area contributed by atoms with Crippen molar-refractivity contribution >= 4 is 29.4 Å². The van der Waals surface area contributed by atoms with Gasteiger partial charge in [-0.2, -0.15) is 4.99 Å². The molecule has 30 heavy (non-hydrogen) atoms. The quantitative estimate of drug-likeness (QED) is 0.190. The molecule has 0 radical (unpaired) electrons. The number of aliphatic imine (C=N–C) groups is 1. The Hall–Kier alpha value is -3.20. The number of amidine groups is 1. The van der Waals surface area contributed by atoms with E-state index in [4.69, 9.17) is 11.1 Å². The summed E-state index contributed by atoms with van der Waals surface area (Å²) in [5.74, 6) is -0.122. The third-order valence-electron chi connectivity index (χ3n) is 4.92. The second-order valence-electron chi connectivity index (χ2n) is 7.22. The van der Waals surface area contributed by atoms with Crippen molar-refractivity contribution in [2.75, 3.05) is 31.1 Å². The van der Waals surface area contributed by atoms with Gasteiger partial charge in [0.15, 0.2) is 11.8 Å². The first-order valence-corrected chi connectivity index (χ1v) is 9.99. The molecule has 1 heterocycles. The van der Waals surface area contributed by atoms with Gasteiger partial charge < -0.3 is 21.3 Å². The Morgan fingerprint density at radius 3 is 2.53 bits per heavy atom. The molecule has 3 amide bonds. The van der Waals surface area contributed by atoms with E-state index in [1.165, 1.54) is 5.56 Å². The summed E-state index contributed by atoms with van der Waals surface area (Å²) in [5, 5.41) is 15.5. The highest BCUT2D eigenvalue weighted by atomic mass is 16.2. The highest BCUT2D eigenvalue weighted by Crippen LogP contribution is 2.26. The van der Waals surface area contributed by atoms with E-state index in [9.17, 15) is 9.59 Å². The Morgan fingerprint density at radius 1 is 1.17 bits per heavy atom. The Bertz CT molecular complexity index is 890. The van der Waals surface area contributed by atoms with Crippen LogP contribution in [-0.4, -0.2) is 49.9 Å². The highest BCUT2D eigenvalue weighted by Gasteiger charge is 2.29. The molecular weight excluding hydrogens is 382 g/mol. The number of urea groups is 1. The molecule has 0 aromatic heterocycles. The lowest BCUT2D eigenvalue weighted by Gasteiger charge is -2.31. The summed E-state index contributed by atoms with van der Waals surface area (Å²) >= 11 is 0. The molecule has 1 aromatic carbocycles. The number of amides is 3. The van der Waals surface area contributed by atoms with E-state index in [-0.39, 0.29) is 5.96 Å². The van der Waals surface area contributed by atoms with Crippen LogP contribution in [0.5, 0.6) is 0 Å². The van der Waals surface area contributed by atoms with Crippen molar-refractivity contribution in [2.24, 2.45) is 10.7 Å². The molecule has 0 aliphatic carbocycles. The molecule has 9 heteroatoms. The van der Waals surface area contributed by atoms with E-state index in [0.717, 1.165) is 29.8 Å². The molecule has 0 unspecified atom stereocenters. The van der Waals surface area contributed by atoms with E-state index in [1.54, 1.807) is 13.0 Å². The molecule has 1 aliphatic rings. The summed E-state index contributed by atoms with van der Waals surface area (Å²) in [6.07, 6.45) is 2.48. The number of benzene rings is 1. The molecule has 0 spiro atoms. The van der Waals surface area contributed by atoms with Crippen molar-refractivity contribution in [2.45, 2.75) is 34.1 Å². The van der Waals surface area contributed by atoms with Crippen molar-refractivity contribution < 1.29 is 9.59 Å². The molecule has 0 saturated heterocycles. The van der Waals surface area contributed by atoms with E-state index in [0.29, 0.717) is 31.0 Å². The molecule has 6 N–H and O–H groups in total. The summed E-state index contributed by atoms with van der Waals surface area (Å²) in [6, 6.07) is 3.50. The number of nitrogens with two attached hydrogens (primary N) is 1. The van der Waals surface area contributed by atoms with Crippen molar-refractivity contribution in [3.05, 3.63) is 40.5 Å². The number of allylic oxidation sites excluding steroid dienone is 1. The van der Waals surface area contributed by atoms with Gasteiger partial charge in [-0.05, 0) is 63.4 Å². The fourth-order valence-electron chi connectivity index (χ4n) is 3.25. The topological polar surface area (TPSA) is 136 Å². The third kappa shape index (κ3) is 5.90. The van der Waals surface area contributed by atoms with Gasteiger partial charge in [0, 0.05) is 25.3 Å². The number of carbonyl (C=O) groups is 2. The predicted octanol–water partition coefficient (Wildman–Crippen LogP) is 1.48. The minimum absolute atomic E-state index is 0.0384. The van der Waals surface area contributed by atoms with Crippen LogP contribution in [0.2, 0.25) is 0 Å². The summed E-state index contributed by atoms with van der Waals surface area (Å²) in [5.41, 5.74) is 9.90. The van der Waals surface area contributed by atoms with Crippen LogP contribution < -0.4 is 26.6 Å². The van der Waals surface area contributed by atoms with E-state index >= 15 is 0 Å². The lowest BCUT2D eigenvalue weighted by molar-refractivity contribution is -0.116. The fourth-order valence-corrected chi connectivity index (χ4v) is 3.25. The van der Waals surface area contributed by atoms with Gasteiger partial charge in [-0.1, -0.05) is 12.1 Å². The zero-order chi connectivity index (χ0) is 22.3. The summed E-state index contributed by atoms with van der Waals surface area (Å²) in [4.78, 5) is 30.4. The molecule has 2 rings (SSSR count). The van der Waals surface area contributed by atoms with Crippen LogP contribution in [0.4, 0.5) is 10.5 Å². The minimum Gasteiger partial charge on any atom is -0.370 e. The maximum atomic E-state index is 12.3. The van der Waals surface area contributed by atoms with E-state index in [1.807, 2.05) is 18.7 Å². The lowest BCUT2D eigenvalue weighted by Crippen LogP contribution is -2.47. The van der Waals surface area contributed by atoms with Crippen LogP contribution in [0.15, 0.2) is 28.8 Å². The zero-order valence-electron chi connectivity index (χ0n) is 18.1. The Morgan fingerprint density at radius 2 is 1.87 bits per heavy atom. The maximum Gasteiger partial charge on any atom is 0.349 e. The molecule has 0 bridgehead atoms. The monoisotopic (exact) mass is 413 g/mol. The Labute approximate surface area is 177 Å². The smallest absolute Gasteiger partial charge is 0.349 e. The number of hydrogen-bond donors (Lipinski definition) is 5. The van der Waals surface area contributed by atoms with Gasteiger partial charge in [0.1, 0.15) is 0 Å². The van der Waals surface area contributed by atoms with Gasteiger partial charge in [-0.15, -0.1) is 0 Å². The maximum absolute atomic E-state index is 12.3. The zero-order valence-corrected chi connectivity index (χ0v) is 18.1. The van der Waals surface area contributed by atoms with Gasteiger partial charge in [0.05, 0.1) is 5.57 Å². The minimum atomic E-state index is -0.657. The number of nitrogens with zero attached hydrogens (tertiary/aromatic N) is 2. The van der Waals surface area contributed by atoms with Crippen LogP contribution >= 0.6 is 0 Å². The number of anilines is 1. The van der Waals surface area contributed by atoms with Crippen LogP contribution in [0, 0.1) is 26.2 Å². The predicted molar refractivity (Wildman–Crippen MR) is 120 cm³/mol. The fraction of sp³-hybridized carbons (Fsp3) is 0.429. The van der Waals surface area contributed by atoms with Crippen LogP contribution in [-0.2, 0) is 4.79 Å². The summed E-state index contributed by atoms with van der Waals surface area (Å²) in [6.45, 7) is 10.4. The normalized spacial score (nSPS) is 15.1. The molecular formula is C21H31N7O2. The number of nitrogens with one attached hydrogen (secondary N) is 4. The average molecular weight is 414 g/mol. The highest BCUT2D eigenvalue weighted by molar-refractivity contribution is 6.33. The molecule has 1 aromatic rings. The van der Waals surface area contributed by atoms with Crippen molar-refractivity contribution in [3.63, 3.8) is 0 Å². The molecule has 162 valence electrons. The number of aryl methyl sites for hydroxylation is 3. The number of guanidine groups is 1. The van der Waals surface area contributed by atoms with Crippen molar-refractivity contribution in [1.82, 2.24) is 16.0 Å². The lowest BCUT2D eigenvalue weighted by atomic mass is 10.0. The van der Waals surface area contributed by atoms with Crippen molar-refractivity contribution in [3.8, 4) is 0 Å². The number of hydrogen-bond acceptors (Lipinski definition) is 5. The van der Waals surface area contributed by atoms with Crippen molar-refractivity contribution in [1.29, 1.82) is 5.41 Å². The number of carbonyl (C=O) groups excluding carboxylic acids is 2. The Balaban J connectivity index is 2.24. The second-order valence-corrected chi connectivity index (χ2v) is 7.22. The van der Waals surface area contributed by atoms with E-state index in [2.05, 4.69) is 40.0 Å². The first kappa shape index (κ1) is 23.1. The number of imide groups is 1. The second kappa shape index (κ2) is 10.5. The number of rotatable bonds is 8. The largest absolute Gasteiger partial charge is 0.370 e. The first-order valence-electron chi connectivity index (χ1n) is 9.99. The molecule has 0 atom stereocenters. The van der Waals surface area contributed by atoms with Gasteiger partial charge >= 0.3 is 6.03 Å². The van der Waals surface area contributed by atoms with Gasteiger partial charge in [-0.25, -0.2) is 4.79 Å². The van der Waals surface area contributed by atoms with Crippen LogP contribution in [0.3, 0.4) is 0 Å². The third-order valence-corrected chi connectivity index (χ3v) is 4.92. The standard InChI is InChI=1S/C21H31N7O2/c1-5-16-18(26-21(30)27-19(16)29)28(10-9-24-7-6-8-25-20(22)23)17-12-14(3)13(2)11-15(17)4/h5,11-12,24H,6-10H2,1-4H3,(H4,22,23,25)(H,27,29,30). The molecule has 0 saturated carbocycles. The molecule has 1 aliphatic heterocycles. The SMILES string of the molecule is CC=C1C(=O)NC(=O)N=C1N(CCNCCCNC(=N)N)c1cc(C)c(C)cc1C. The summed E-state index contributed by atoms with van der Waals surface area (Å²) < 4.78 is 0. The molecule has 9 nitrogen and oxygen atoms in total. The van der Waals surface area contributed by atoms with E-state index < -0.39 is 11.9 Å². The average Bonchev–Trinajstić information content (AvgIpc) is 2.66. The van der Waals surface area contributed by atoms with Gasteiger partial charge in [-0.3, -0.25) is 15.5 Å². The van der Waals surface area contributed by atoms with Crippen LogP contribution in [0.1, 0.15) is 30.0 Å². The Kier molecular flexibility index (Phi) is 8.11. The van der Waals surface area contributed by atoms with Gasteiger partial charge in [0.25, 0.3) is 5.91 Å². The molecule has 0 fully saturated rings. The van der Waals surface area contributed by atoms with Gasteiger partial charge in [0.2, 0.25) is 0 Å². The summed E-state index contributed by atoms with van der Waals surface area (Å²) in [7, 11) is 0. The van der Waals surface area contributed by atoms with Crippen LogP contribution in [0.25, 0.3) is 0 Å². The first-order chi connectivity index (χ1) is 14.2.